The third-order valence-corrected chi connectivity index (χ3v) is 5.90. The zero-order valence-electron chi connectivity index (χ0n) is 15.1. The lowest BCUT2D eigenvalue weighted by molar-refractivity contribution is 0.146. The summed E-state index contributed by atoms with van der Waals surface area (Å²) in [7, 11) is -3.09. The molecular weight excluding hydrogens is 370 g/mol. The number of nitrogens with zero attached hydrogens (tertiary/aromatic N) is 2. The third kappa shape index (κ3) is 5.80. The number of ether oxygens (including phenoxy) is 1. The molecule has 1 fully saturated rings. The summed E-state index contributed by atoms with van der Waals surface area (Å²) >= 11 is 0. The van der Waals surface area contributed by atoms with Crippen LogP contribution in [0.4, 0.5) is 10.5 Å². The van der Waals surface area contributed by atoms with E-state index in [2.05, 4.69) is 10.3 Å². The smallest absolute Gasteiger partial charge is 0.412 e. The van der Waals surface area contributed by atoms with Crippen LogP contribution in [-0.4, -0.2) is 43.1 Å². The van der Waals surface area contributed by atoms with Gasteiger partial charge in [0.25, 0.3) is 0 Å². The van der Waals surface area contributed by atoms with Crippen molar-refractivity contribution in [3.8, 4) is 0 Å². The Hall–Kier alpha value is -2.39. The number of aromatic nitrogens is 1. The fraction of sp³-hybridized carbons (Fsp3) is 0.444. The van der Waals surface area contributed by atoms with Crippen LogP contribution in [0.5, 0.6) is 0 Å². The first-order valence-corrected chi connectivity index (χ1v) is 10.6. The number of benzene rings is 1. The van der Waals surface area contributed by atoms with Crippen LogP contribution in [0, 0.1) is 5.92 Å². The van der Waals surface area contributed by atoms with Gasteiger partial charge in [-0.2, -0.15) is 0 Å². The summed E-state index contributed by atoms with van der Waals surface area (Å²) in [6.07, 6.45) is 6.08. The van der Waals surface area contributed by atoms with E-state index in [1.54, 1.807) is 4.31 Å². The summed E-state index contributed by atoms with van der Waals surface area (Å²) in [5.41, 5.74) is 1.81. The van der Waals surface area contributed by atoms with E-state index in [9.17, 15) is 13.2 Å². The highest BCUT2D eigenvalue weighted by Crippen LogP contribution is 2.23. The second-order valence-electron chi connectivity index (χ2n) is 6.68. The van der Waals surface area contributed by atoms with Crippen LogP contribution in [0.3, 0.4) is 0 Å². The molecule has 0 aliphatic carbocycles. The first kappa shape index (κ1) is 19.4. The molecule has 1 N–H and O–H groups in total. The minimum Gasteiger partial charge on any atom is -0.445 e. The molecule has 27 heavy (non-hydrogen) atoms. The minimum absolute atomic E-state index is 0.0239. The fourth-order valence-electron chi connectivity index (χ4n) is 3.11. The largest absolute Gasteiger partial charge is 0.445 e. The van der Waals surface area contributed by atoms with Crippen LogP contribution in [0.15, 0.2) is 41.3 Å². The van der Waals surface area contributed by atoms with Gasteiger partial charge in [-0.1, -0.05) is 12.1 Å². The summed E-state index contributed by atoms with van der Waals surface area (Å²) in [4.78, 5) is 15.5. The molecular formula is C18H23N3O5S. The van der Waals surface area contributed by atoms with E-state index in [-0.39, 0.29) is 6.61 Å². The van der Waals surface area contributed by atoms with Crippen molar-refractivity contribution in [3.05, 3.63) is 48.2 Å². The molecule has 1 aromatic carbocycles. The molecule has 1 aliphatic heterocycles. The van der Waals surface area contributed by atoms with Crippen molar-refractivity contribution < 1.29 is 22.4 Å². The molecule has 0 atom stereocenters. The molecule has 2 aromatic rings. The lowest BCUT2D eigenvalue weighted by Crippen LogP contribution is -2.38. The standard InChI is InChI=1S/C18H23N3O5S/c1-27(23,24)21-8-6-15(7-9-21)10-14-2-4-16(5-3-14)20-18(22)25-12-17-11-19-13-26-17/h2-5,11,13,15H,6-10,12H2,1H3,(H,20,22). The van der Waals surface area contributed by atoms with Crippen LogP contribution >= 0.6 is 0 Å². The van der Waals surface area contributed by atoms with Gasteiger partial charge in [-0.15, -0.1) is 0 Å². The third-order valence-electron chi connectivity index (χ3n) is 4.60. The summed E-state index contributed by atoms with van der Waals surface area (Å²) in [6.45, 7) is 1.19. The number of hydrogen-bond donors (Lipinski definition) is 1. The lowest BCUT2D eigenvalue weighted by atomic mass is 9.91. The average molecular weight is 393 g/mol. The van der Waals surface area contributed by atoms with Gasteiger partial charge >= 0.3 is 6.09 Å². The quantitative estimate of drug-likeness (QED) is 0.809. The number of amides is 1. The van der Waals surface area contributed by atoms with Gasteiger partial charge in [-0.3, -0.25) is 5.32 Å². The number of oxazole rings is 1. The Morgan fingerprint density at radius 1 is 1.30 bits per heavy atom. The predicted octanol–water partition coefficient (Wildman–Crippen LogP) is 2.64. The van der Waals surface area contributed by atoms with Crippen LogP contribution in [-0.2, 0) is 27.8 Å². The zero-order valence-corrected chi connectivity index (χ0v) is 15.9. The molecule has 0 spiro atoms. The Kier molecular flexibility index (Phi) is 6.12. The molecule has 0 saturated carbocycles. The maximum absolute atomic E-state index is 11.8. The lowest BCUT2D eigenvalue weighted by Gasteiger charge is -2.30. The Labute approximate surface area is 158 Å². The summed E-state index contributed by atoms with van der Waals surface area (Å²) in [6, 6.07) is 7.59. The molecule has 146 valence electrons. The van der Waals surface area contributed by atoms with E-state index in [4.69, 9.17) is 9.15 Å². The molecule has 0 radical (unpaired) electrons. The van der Waals surface area contributed by atoms with Gasteiger partial charge in [0.1, 0.15) is 0 Å². The number of piperidine rings is 1. The number of nitrogens with one attached hydrogen (secondary N) is 1. The first-order valence-electron chi connectivity index (χ1n) is 8.75. The van der Waals surface area contributed by atoms with Crippen molar-refractivity contribution in [2.75, 3.05) is 24.7 Å². The zero-order chi connectivity index (χ0) is 19.3. The number of sulfonamides is 1. The van der Waals surface area contributed by atoms with Crippen LogP contribution in [0.25, 0.3) is 0 Å². The van der Waals surface area contributed by atoms with Crippen molar-refractivity contribution in [1.29, 1.82) is 0 Å². The van der Waals surface area contributed by atoms with Crippen molar-refractivity contribution in [3.63, 3.8) is 0 Å². The van der Waals surface area contributed by atoms with Gasteiger partial charge in [0, 0.05) is 18.8 Å². The van der Waals surface area contributed by atoms with E-state index in [0.717, 1.165) is 24.8 Å². The van der Waals surface area contributed by atoms with E-state index >= 15 is 0 Å². The molecule has 9 heteroatoms. The van der Waals surface area contributed by atoms with Crippen LogP contribution in [0.2, 0.25) is 0 Å². The Morgan fingerprint density at radius 2 is 2.00 bits per heavy atom. The molecule has 3 rings (SSSR count). The van der Waals surface area contributed by atoms with E-state index in [0.29, 0.717) is 30.5 Å². The topological polar surface area (TPSA) is 102 Å². The van der Waals surface area contributed by atoms with Gasteiger partial charge in [-0.25, -0.2) is 22.5 Å². The number of carbonyl (C=O) groups excluding carboxylic acids is 1. The molecule has 0 unspecified atom stereocenters. The van der Waals surface area contributed by atoms with E-state index in [1.807, 2.05) is 24.3 Å². The van der Waals surface area contributed by atoms with Gasteiger partial charge in [0.15, 0.2) is 18.8 Å². The number of anilines is 1. The molecule has 2 heterocycles. The monoisotopic (exact) mass is 393 g/mol. The summed E-state index contributed by atoms with van der Waals surface area (Å²) in [5.74, 6) is 0.941. The molecule has 1 aliphatic rings. The van der Waals surface area contributed by atoms with Gasteiger partial charge in [-0.05, 0) is 42.9 Å². The fourth-order valence-corrected chi connectivity index (χ4v) is 3.98. The van der Waals surface area contributed by atoms with Gasteiger partial charge in [0.05, 0.1) is 12.5 Å². The van der Waals surface area contributed by atoms with Crippen molar-refractivity contribution in [2.24, 2.45) is 5.92 Å². The highest BCUT2D eigenvalue weighted by Gasteiger charge is 2.24. The normalized spacial score (nSPS) is 16.2. The van der Waals surface area contributed by atoms with Crippen molar-refractivity contribution in [1.82, 2.24) is 9.29 Å². The SMILES string of the molecule is CS(=O)(=O)N1CCC(Cc2ccc(NC(=O)OCc3cnco3)cc2)CC1. The molecule has 1 amide bonds. The predicted molar refractivity (Wildman–Crippen MR) is 99.6 cm³/mol. The van der Waals surface area contributed by atoms with E-state index in [1.165, 1.54) is 18.8 Å². The van der Waals surface area contributed by atoms with Crippen LogP contribution in [0.1, 0.15) is 24.2 Å². The summed E-state index contributed by atoms with van der Waals surface area (Å²) in [5, 5.41) is 2.66. The highest BCUT2D eigenvalue weighted by molar-refractivity contribution is 7.88. The number of rotatable bonds is 6. The highest BCUT2D eigenvalue weighted by atomic mass is 32.2. The molecule has 0 bridgehead atoms. The maximum Gasteiger partial charge on any atom is 0.412 e. The van der Waals surface area contributed by atoms with E-state index < -0.39 is 16.1 Å². The molecule has 1 aromatic heterocycles. The minimum atomic E-state index is -3.09. The summed E-state index contributed by atoms with van der Waals surface area (Å²) < 4.78 is 34.7. The Bertz CT molecular complexity index is 842. The number of hydrogen-bond acceptors (Lipinski definition) is 6. The number of carbonyl (C=O) groups is 1. The van der Waals surface area contributed by atoms with Crippen molar-refractivity contribution >= 4 is 21.8 Å². The first-order chi connectivity index (χ1) is 12.9. The Balaban J connectivity index is 1.44. The molecule has 1 saturated heterocycles. The second-order valence-corrected chi connectivity index (χ2v) is 8.66. The Morgan fingerprint density at radius 3 is 2.59 bits per heavy atom. The van der Waals surface area contributed by atoms with Crippen LogP contribution < -0.4 is 5.32 Å². The van der Waals surface area contributed by atoms with Gasteiger partial charge in [0.2, 0.25) is 10.0 Å². The molecule has 8 nitrogen and oxygen atoms in total. The van der Waals surface area contributed by atoms with Crippen molar-refractivity contribution in [2.45, 2.75) is 25.9 Å². The second kappa shape index (κ2) is 8.53. The van der Waals surface area contributed by atoms with Gasteiger partial charge < -0.3 is 9.15 Å². The maximum atomic E-state index is 11.8. The average Bonchev–Trinajstić information content (AvgIpc) is 3.15.